The summed E-state index contributed by atoms with van der Waals surface area (Å²) in [6.45, 7) is 6.86. The van der Waals surface area contributed by atoms with Crippen molar-refractivity contribution in [1.29, 1.82) is 0 Å². The zero-order valence-electron chi connectivity index (χ0n) is 16.8. The number of amides is 1. The lowest BCUT2D eigenvalue weighted by Crippen LogP contribution is -2.36. The number of morpholine rings is 1. The van der Waals surface area contributed by atoms with Crippen molar-refractivity contribution in [2.24, 2.45) is 7.05 Å². The molecule has 4 heterocycles. The molecule has 1 amide bonds. The Labute approximate surface area is 168 Å². The number of ether oxygens (including phenoxy) is 2. The van der Waals surface area contributed by atoms with E-state index in [1.807, 2.05) is 26.0 Å². The number of hydrogen-bond acceptors (Lipinski definition) is 7. The van der Waals surface area contributed by atoms with Crippen LogP contribution in [0.15, 0.2) is 24.4 Å². The van der Waals surface area contributed by atoms with Gasteiger partial charge in [0.05, 0.1) is 30.5 Å². The molecule has 29 heavy (non-hydrogen) atoms. The fourth-order valence-electron chi connectivity index (χ4n) is 3.43. The van der Waals surface area contributed by atoms with Crippen molar-refractivity contribution < 1.29 is 14.3 Å². The average Bonchev–Trinajstić information content (AvgIpc) is 3.03. The fourth-order valence-corrected chi connectivity index (χ4v) is 3.43. The minimum Gasteiger partial charge on any atom is -0.466 e. The summed E-state index contributed by atoms with van der Waals surface area (Å²) in [5.74, 6) is 0.585. The van der Waals surface area contributed by atoms with E-state index in [1.54, 1.807) is 24.0 Å². The molecule has 0 unspecified atom stereocenters. The van der Waals surface area contributed by atoms with E-state index >= 15 is 0 Å². The van der Waals surface area contributed by atoms with Crippen molar-refractivity contribution >= 4 is 28.4 Å². The number of carbonyl (C=O) groups is 1. The van der Waals surface area contributed by atoms with Gasteiger partial charge in [0.15, 0.2) is 12.3 Å². The Morgan fingerprint density at radius 3 is 2.79 bits per heavy atom. The van der Waals surface area contributed by atoms with E-state index in [0.29, 0.717) is 24.9 Å². The van der Waals surface area contributed by atoms with E-state index < -0.39 is 0 Å². The highest BCUT2D eigenvalue weighted by molar-refractivity contribution is 5.91. The Morgan fingerprint density at radius 1 is 1.28 bits per heavy atom. The number of aromatic nitrogens is 4. The average molecular weight is 396 g/mol. The summed E-state index contributed by atoms with van der Waals surface area (Å²) in [5, 5.41) is 7.93. The molecule has 152 valence electrons. The molecule has 3 aromatic rings. The van der Waals surface area contributed by atoms with Crippen molar-refractivity contribution in [3.8, 4) is 5.88 Å². The highest BCUT2D eigenvalue weighted by Crippen LogP contribution is 2.27. The number of carbonyl (C=O) groups excluding carboxylic acids is 1. The first kappa shape index (κ1) is 19.1. The molecule has 0 atom stereocenters. The van der Waals surface area contributed by atoms with Gasteiger partial charge in [-0.25, -0.2) is 14.6 Å². The van der Waals surface area contributed by atoms with E-state index in [4.69, 9.17) is 9.47 Å². The third-order valence-corrected chi connectivity index (χ3v) is 4.82. The summed E-state index contributed by atoms with van der Waals surface area (Å²) in [6, 6.07) is 5.70. The largest absolute Gasteiger partial charge is 0.466 e. The molecule has 0 aliphatic carbocycles. The summed E-state index contributed by atoms with van der Waals surface area (Å²) in [7, 11) is 1.81. The highest BCUT2D eigenvalue weighted by atomic mass is 16.5. The fraction of sp³-hybridized carbons (Fsp3) is 0.400. The lowest BCUT2D eigenvalue weighted by atomic mass is 10.2. The molecule has 9 heteroatoms. The van der Waals surface area contributed by atoms with Gasteiger partial charge in [-0.1, -0.05) is 0 Å². The third kappa shape index (κ3) is 4.14. The number of hydrogen-bond donors (Lipinski definition) is 1. The SMILES string of the molecule is Cc1cc(C)c2c(OCC(=O)Nc3ccc(N4CCOCC4)cn3)nn(C)c2n1. The molecule has 0 aromatic carbocycles. The first-order chi connectivity index (χ1) is 14.0. The molecule has 1 aliphatic rings. The third-order valence-electron chi connectivity index (χ3n) is 4.82. The molecule has 1 saturated heterocycles. The smallest absolute Gasteiger partial charge is 0.263 e. The van der Waals surface area contributed by atoms with Gasteiger partial charge < -0.3 is 19.7 Å². The Kier molecular flexibility index (Phi) is 5.30. The van der Waals surface area contributed by atoms with Gasteiger partial charge in [0.25, 0.3) is 5.91 Å². The summed E-state index contributed by atoms with van der Waals surface area (Å²) in [4.78, 5) is 23.3. The van der Waals surface area contributed by atoms with Crippen LogP contribution >= 0.6 is 0 Å². The zero-order valence-corrected chi connectivity index (χ0v) is 16.8. The number of anilines is 2. The van der Waals surface area contributed by atoms with Crippen molar-refractivity contribution in [2.75, 3.05) is 43.1 Å². The topological polar surface area (TPSA) is 94.4 Å². The van der Waals surface area contributed by atoms with Crippen molar-refractivity contribution in [3.63, 3.8) is 0 Å². The van der Waals surface area contributed by atoms with Crippen molar-refractivity contribution in [3.05, 3.63) is 35.7 Å². The van der Waals surface area contributed by atoms with Gasteiger partial charge in [-0.2, -0.15) is 0 Å². The van der Waals surface area contributed by atoms with Crippen LogP contribution in [-0.4, -0.2) is 58.6 Å². The van der Waals surface area contributed by atoms with Gasteiger partial charge in [-0.15, -0.1) is 5.10 Å². The van der Waals surface area contributed by atoms with E-state index in [-0.39, 0.29) is 12.5 Å². The standard InChI is InChI=1S/C20H24N6O3/c1-13-10-14(2)22-19-18(13)20(24-25(19)3)29-12-17(27)23-16-5-4-15(11-21-16)26-6-8-28-9-7-26/h4-5,10-11H,6-9,12H2,1-3H3,(H,21,23,27). The summed E-state index contributed by atoms with van der Waals surface area (Å²) < 4.78 is 12.7. The molecule has 9 nitrogen and oxygen atoms in total. The second-order valence-corrected chi connectivity index (χ2v) is 7.05. The Hall–Kier alpha value is -3.20. The summed E-state index contributed by atoms with van der Waals surface area (Å²) in [5.41, 5.74) is 3.67. The molecular formula is C20H24N6O3. The monoisotopic (exact) mass is 396 g/mol. The van der Waals surface area contributed by atoms with Crippen LogP contribution < -0.4 is 15.0 Å². The lowest BCUT2D eigenvalue weighted by molar-refractivity contribution is -0.118. The second-order valence-electron chi connectivity index (χ2n) is 7.05. The van der Waals surface area contributed by atoms with Gasteiger partial charge in [-0.05, 0) is 37.6 Å². The zero-order chi connectivity index (χ0) is 20.4. The molecule has 1 N–H and O–H groups in total. The minimum atomic E-state index is -0.298. The van der Waals surface area contributed by atoms with Crippen LogP contribution in [0.2, 0.25) is 0 Å². The van der Waals surface area contributed by atoms with Crippen molar-refractivity contribution in [1.82, 2.24) is 19.7 Å². The van der Waals surface area contributed by atoms with Crippen molar-refractivity contribution in [2.45, 2.75) is 13.8 Å². The Balaban J connectivity index is 1.39. The van der Waals surface area contributed by atoms with Crippen LogP contribution in [0.3, 0.4) is 0 Å². The van der Waals surface area contributed by atoms with Crippen LogP contribution in [0.1, 0.15) is 11.3 Å². The molecule has 4 rings (SSSR count). The Morgan fingerprint density at radius 2 is 2.07 bits per heavy atom. The van der Waals surface area contributed by atoms with Gasteiger partial charge in [-0.3, -0.25) is 4.79 Å². The van der Waals surface area contributed by atoms with Gasteiger partial charge in [0, 0.05) is 25.8 Å². The van der Waals surface area contributed by atoms with Crippen LogP contribution in [0.4, 0.5) is 11.5 Å². The molecule has 0 bridgehead atoms. The maximum absolute atomic E-state index is 12.3. The van der Waals surface area contributed by atoms with Crippen LogP contribution in [0.5, 0.6) is 5.88 Å². The normalized spacial score (nSPS) is 14.2. The minimum absolute atomic E-state index is 0.160. The highest BCUT2D eigenvalue weighted by Gasteiger charge is 2.16. The van der Waals surface area contributed by atoms with Gasteiger partial charge in [0.1, 0.15) is 5.82 Å². The van der Waals surface area contributed by atoms with E-state index in [0.717, 1.165) is 41.1 Å². The van der Waals surface area contributed by atoms with E-state index in [9.17, 15) is 4.79 Å². The van der Waals surface area contributed by atoms with Gasteiger partial charge in [0.2, 0.25) is 5.88 Å². The maximum Gasteiger partial charge on any atom is 0.263 e. The molecular weight excluding hydrogens is 372 g/mol. The number of aryl methyl sites for hydroxylation is 3. The second kappa shape index (κ2) is 8.04. The first-order valence-corrected chi connectivity index (χ1v) is 9.53. The predicted octanol–water partition coefficient (Wildman–Crippen LogP) is 1.83. The molecule has 0 radical (unpaired) electrons. The summed E-state index contributed by atoms with van der Waals surface area (Å²) in [6.07, 6.45) is 1.76. The lowest BCUT2D eigenvalue weighted by Gasteiger charge is -2.28. The predicted molar refractivity (Wildman–Crippen MR) is 109 cm³/mol. The van der Waals surface area contributed by atoms with E-state index in [1.165, 1.54) is 0 Å². The number of fused-ring (bicyclic) bond motifs is 1. The summed E-state index contributed by atoms with van der Waals surface area (Å²) >= 11 is 0. The van der Waals surface area contributed by atoms with Crippen LogP contribution in [0, 0.1) is 13.8 Å². The van der Waals surface area contributed by atoms with E-state index in [2.05, 4.69) is 25.3 Å². The number of nitrogens with one attached hydrogen (secondary N) is 1. The Bertz CT molecular complexity index is 1020. The quantitative estimate of drug-likeness (QED) is 0.703. The van der Waals surface area contributed by atoms with Crippen LogP contribution in [-0.2, 0) is 16.6 Å². The molecule has 1 aliphatic heterocycles. The number of nitrogens with zero attached hydrogens (tertiary/aromatic N) is 5. The molecule has 0 saturated carbocycles. The number of rotatable bonds is 5. The van der Waals surface area contributed by atoms with Gasteiger partial charge >= 0.3 is 0 Å². The maximum atomic E-state index is 12.3. The molecule has 0 spiro atoms. The first-order valence-electron chi connectivity index (χ1n) is 9.53. The molecule has 3 aromatic heterocycles. The number of pyridine rings is 2. The van der Waals surface area contributed by atoms with Crippen LogP contribution in [0.25, 0.3) is 11.0 Å². The molecule has 1 fully saturated rings.